The van der Waals surface area contributed by atoms with Gasteiger partial charge in [-0.2, -0.15) is 0 Å². The van der Waals surface area contributed by atoms with Gasteiger partial charge in [0.15, 0.2) is 0 Å². The lowest BCUT2D eigenvalue weighted by Gasteiger charge is -2.16. The fourth-order valence-corrected chi connectivity index (χ4v) is 2.72. The van der Waals surface area contributed by atoms with Crippen LogP contribution in [0.15, 0.2) is 54.7 Å². The maximum Gasteiger partial charge on any atom is 0.323 e. The zero-order valence-electron chi connectivity index (χ0n) is 14.4. The van der Waals surface area contributed by atoms with Crippen LogP contribution in [0.4, 0.5) is 21.9 Å². The molecule has 0 unspecified atom stereocenters. The Kier molecular flexibility index (Phi) is 4.43. The Morgan fingerprint density at radius 3 is 2.56 bits per heavy atom. The molecule has 3 amide bonds. The molecule has 6 heteroatoms. The molecule has 2 aromatic carbocycles. The van der Waals surface area contributed by atoms with Gasteiger partial charge in [-0.3, -0.25) is 4.79 Å². The third-order valence-electron chi connectivity index (χ3n) is 4.11. The van der Waals surface area contributed by atoms with E-state index in [-0.39, 0.29) is 11.9 Å². The minimum absolute atomic E-state index is 0.0722. The van der Waals surface area contributed by atoms with E-state index < -0.39 is 0 Å². The summed E-state index contributed by atoms with van der Waals surface area (Å²) >= 11 is 0. The number of rotatable bonds is 3. The van der Waals surface area contributed by atoms with Gasteiger partial charge in [0, 0.05) is 44.0 Å². The highest BCUT2D eigenvalue weighted by molar-refractivity contribution is 6.05. The van der Waals surface area contributed by atoms with Gasteiger partial charge >= 0.3 is 6.03 Å². The Hall–Kier alpha value is -3.28. The highest BCUT2D eigenvalue weighted by atomic mass is 16.2. The lowest BCUT2D eigenvalue weighted by Crippen LogP contribution is -2.23. The van der Waals surface area contributed by atoms with E-state index in [1.165, 1.54) is 11.8 Å². The Bertz CT molecular complexity index is 946. The van der Waals surface area contributed by atoms with Crippen molar-refractivity contribution in [2.24, 2.45) is 7.05 Å². The number of amides is 3. The zero-order valence-corrected chi connectivity index (χ0v) is 14.4. The van der Waals surface area contributed by atoms with Crippen LogP contribution >= 0.6 is 0 Å². The van der Waals surface area contributed by atoms with Gasteiger partial charge in [0.1, 0.15) is 0 Å². The Morgan fingerprint density at radius 2 is 1.80 bits per heavy atom. The quantitative estimate of drug-likeness (QED) is 0.764. The van der Waals surface area contributed by atoms with E-state index in [9.17, 15) is 9.59 Å². The van der Waals surface area contributed by atoms with Crippen LogP contribution in [0.25, 0.3) is 10.9 Å². The molecule has 0 bridgehead atoms. The number of anilines is 3. The summed E-state index contributed by atoms with van der Waals surface area (Å²) in [5, 5.41) is 6.74. The van der Waals surface area contributed by atoms with Crippen LogP contribution in [-0.4, -0.2) is 23.6 Å². The summed E-state index contributed by atoms with van der Waals surface area (Å²) in [6.45, 7) is 1.49. The van der Waals surface area contributed by atoms with Gasteiger partial charge < -0.3 is 20.1 Å². The number of fused-ring (bicyclic) bond motifs is 1. The van der Waals surface area contributed by atoms with Gasteiger partial charge in [0.05, 0.1) is 11.2 Å². The normalized spacial score (nSPS) is 10.5. The molecule has 0 atom stereocenters. The SMILES string of the molecule is CC(=O)N(C)c1cccc(NC(=O)Nc2cccc3ccn(C)c23)c1. The molecule has 0 aliphatic heterocycles. The minimum atomic E-state index is -0.337. The first-order chi connectivity index (χ1) is 12.0. The van der Waals surface area contributed by atoms with Crippen molar-refractivity contribution in [2.45, 2.75) is 6.92 Å². The van der Waals surface area contributed by atoms with E-state index in [1.54, 1.807) is 25.2 Å². The molecule has 6 nitrogen and oxygen atoms in total. The molecule has 0 radical (unpaired) electrons. The van der Waals surface area contributed by atoms with Crippen molar-refractivity contribution in [1.82, 2.24) is 4.57 Å². The van der Waals surface area contributed by atoms with Gasteiger partial charge in [-0.1, -0.05) is 18.2 Å². The van der Waals surface area contributed by atoms with Crippen LogP contribution in [0.1, 0.15) is 6.92 Å². The van der Waals surface area contributed by atoms with Crippen LogP contribution in [-0.2, 0) is 11.8 Å². The highest BCUT2D eigenvalue weighted by Crippen LogP contribution is 2.24. The maximum atomic E-state index is 12.4. The van der Waals surface area contributed by atoms with E-state index in [4.69, 9.17) is 0 Å². The molecule has 0 saturated heterocycles. The number of nitrogens with zero attached hydrogens (tertiary/aromatic N) is 2. The second-order valence-corrected chi connectivity index (χ2v) is 5.88. The summed E-state index contributed by atoms with van der Waals surface area (Å²) in [6.07, 6.45) is 1.95. The molecule has 3 aromatic rings. The number of hydrogen-bond donors (Lipinski definition) is 2. The summed E-state index contributed by atoms with van der Waals surface area (Å²) in [6, 6.07) is 14.6. The summed E-state index contributed by atoms with van der Waals surface area (Å²) in [5.74, 6) is -0.0722. The van der Waals surface area contributed by atoms with Crippen molar-refractivity contribution in [2.75, 3.05) is 22.6 Å². The molecule has 0 spiro atoms. The molecule has 128 valence electrons. The van der Waals surface area contributed by atoms with Crippen molar-refractivity contribution >= 4 is 39.9 Å². The number of aryl methyl sites for hydroxylation is 1. The third kappa shape index (κ3) is 3.47. The number of para-hydroxylation sites is 1. The second-order valence-electron chi connectivity index (χ2n) is 5.88. The monoisotopic (exact) mass is 336 g/mol. The Morgan fingerprint density at radius 1 is 1.04 bits per heavy atom. The number of urea groups is 1. The van der Waals surface area contributed by atoms with Crippen LogP contribution in [0.5, 0.6) is 0 Å². The lowest BCUT2D eigenvalue weighted by molar-refractivity contribution is -0.116. The zero-order chi connectivity index (χ0) is 18.0. The summed E-state index contributed by atoms with van der Waals surface area (Å²) in [4.78, 5) is 25.4. The highest BCUT2D eigenvalue weighted by Gasteiger charge is 2.10. The minimum Gasteiger partial charge on any atom is -0.349 e. The smallest absolute Gasteiger partial charge is 0.323 e. The fourth-order valence-electron chi connectivity index (χ4n) is 2.72. The molecular formula is C19H20N4O2. The van der Waals surface area contributed by atoms with Crippen molar-refractivity contribution in [1.29, 1.82) is 0 Å². The van der Waals surface area contributed by atoms with Crippen LogP contribution < -0.4 is 15.5 Å². The average Bonchev–Trinajstić information content (AvgIpc) is 2.96. The first-order valence-corrected chi connectivity index (χ1v) is 7.92. The second kappa shape index (κ2) is 6.68. The van der Waals surface area contributed by atoms with Crippen molar-refractivity contribution in [3.8, 4) is 0 Å². The largest absolute Gasteiger partial charge is 0.349 e. The number of carbonyl (C=O) groups excluding carboxylic acids is 2. The molecule has 0 aliphatic rings. The summed E-state index contributed by atoms with van der Waals surface area (Å²) in [7, 11) is 3.63. The van der Waals surface area contributed by atoms with Crippen LogP contribution in [0, 0.1) is 0 Å². The Labute approximate surface area is 146 Å². The number of benzene rings is 2. The van der Waals surface area contributed by atoms with Crippen molar-refractivity contribution in [3.63, 3.8) is 0 Å². The van der Waals surface area contributed by atoms with Gasteiger partial charge in [-0.25, -0.2) is 4.79 Å². The third-order valence-corrected chi connectivity index (χ3v) is 4.11. The predicted molar refractivity (Wildman–Crippen MR) is 101 cm³/mol. The standard InChI is InChI=1S/C19H20N4O2/c1-13(24)23(3)16-8-5-7-15(12-16)20-19(25)21-17-9-4-6-14-10-11-22(2)18(14)17/h4-12H,1-3H3,(H2,20,21,25). The first kappa shape index (κ1) is 16.6. The van der Waals surface area contributed by atoms with Crippen molar-refractivity contribution < 1.29 is 9.59 Å². The molecule has 25 heavy (non-hydrogen) atoms. The number of carbonyl (C=O) groups is 2. The molecule has 0 aliphatic carbocycles. The van der Waals surface area contributed by atoms with E-state index in [0.29, 0.717) is 5.69 Å². The molecule has 3 rings (SSSR count). The predicted octanol–water partition coefficient (Wildman–Crippen LogP) is 3.81. The van der Waals surface area contributed by atoms with Gasteiger partial charge in [-0.05, 0) is 30.3 Å². The van der Waals surface area contributed by atoms with E-state index in [1.807, 2.05) is 48.1 Å². The Balaban J connectivity index is 1.78. The average molecular weight is 336 g/mol. The maximum absolute atomic E-state index is 12.4. The summed E-state index contributed by atoms with van der Waals surface area (Å²) in [5.41, 5.74) is 3.03. The molecule has 2 N–H and O–H groups in total. The molecule has 1 aromatic heterocycles. The van der Waals surface area contributed by atoms with Gasteiger partial charge in [0.2, 0.25) is 5.91 Å². The fraction of sp³-hybridized carbons (Fsp3) is 0.158. The van der Waals surface area contributed by atoms with Gasteiger partial charge in [-0.15, -0.1) is 0 Å². The number of hydrogen-bond acceptors (Lipinski definition) is 2. The van der Waals surface area contributed by atoms with E-state index in [0.717, 1.165) is 22.3 Å². The van der Waals surface area contributed by atoms with Crippen LogP contribution in [0.3, 0.4) is 0 Å². The summed E-state index contributed by atoms with van der Waals surface area (Å²) < 4.78 is 1.97. The molecule has 1 heterocycles. The van der Waals surface area contributed by atoms with Crippen molar-refractivity contribution in [3.05, 3.63) is 54.7 Å². The van der Waals surface area contributed by atoms with Gasteiger partial charge in [0.25, 0.3) is 0 Å². The number of aromatic nitrogens is 1. The molecular weight excluding hydrogens is 316 g/mol. The van der Waals surface area contributed by atoms with E-state index in [2.05, 4.69) is 10.6 Å². The lowest BCUT2D eigenvalue weighted by atomic mass is 10.2. The number of nitrogens with one attached hydrogen (secondary N) is 2. The molecule has 0 fully saturated rings. The topological polar surface area (TPSA) is 66.4 Å². The van der Waals surface area contributed by atoms with Crippen LogP contribution in [0.2, 0.25) is 0 Å². The first-order valence-electron chi connectivity index (χ1n) is 7.92. The molecule has 0 saturated carbocycles. The van der Waals surface area contributed by atoms with E-state index >= 15 is 0 Å².